The molecule has 0 radical (unpaired) electrons. The zero-order valence-corrected chi connectivity index (χ0v) is 9.91. The normalized spacial score (nSPS) is 26.5. The van der Waals surface area contributed by atoms with E-state index >= 15 is 0 Å². The summed E-state index contributed by atoms with van der Waals surface area (Å²) in [7, 11) is 0. The van der Waals surface area contributed by atoms with Gasteiger partial charge in [0.1, 0.15) is 0 Å². The fourth-order valence-corrected chi connectivity index (χ4v) is 2.33. The summed E-state index contributed by atoms with van der Waals surface area (Å²) >= 11 is 0. The second-order valence-corrected chi connectivity index (χ2v) is 5.14. The zero-order chi connectivity index (χ0) is 10.7. The van der Waals surface area contributed by atoms with Crippen LogP contribution in [-0.2, 0) is 0 Å². The van der Waals surface area contributed by atoms with E-state index in [2.05, 4.69) is 29.8 Å². The highest BCUT2D eigenvalue weighted by molar-refractivity contribution is 4.88. The highest BCUT2D eigenvalue weighted by Gasteiger charge is 2.24. The maximum atomic E-state index is 3.87. The van der Waals surface area contributed by atoms with E-state index in [0.717, 1.165) is 12.0 Å². The van der Waals surface area contributed by atoms with Gasteiger partial charge in [-0.15, -0.1) is 6.58 Å². The highest BCUT2D eigenvalue weighted by Crippen LogP contribution is 2.22. The topological polar surface area (TPSA) is 15.3 Å². The van der Waals surface area contributed by atoms with Crippen molar-refractivity contribution in [2.24, 2.45) is 5.92 Å². The molecule has 1 atom stereocenters. The van der Waals surface area contributed by atoms with Crippen molar-refractivity contribution in [2.75, 3.05) is 19.6 Å². The predicted octanol–water partition coefficient (Wildman–Crippen LogP) is 2.02. The van der Waals surface area contributed by atoms with Crippen LogP contribution in [0.25, 0.3) is 0 Å². The Morgan fingerprint density at radius 1 is 1.33 bits per heavy atom. The van der Waals surface area contributed by atoms with Gasteiger partial charge in [-0.1, -0.05) is 6.08 Å². The van der Waals surface area contributed by atoms with Gasteiger partial charge in [0.2, 0.25) is 0 Å². The molecule has 0 aromatic carbocycles. The van der Waals surface area contributed by atoms with Crippen LogP contribution in [0.2, 0.25) is 0 Å². The summed E-state index contributed by atoms with van der Waals surface area (Å²) in [6.07, 6.45) is 7.59. The average molecular weight is 208 g/mol. The Morgan fingerprint density at radius 3 is 2.53 bits per heavy atom. The molecule has 1 saturated heterocycles. The van der Waals surface area contributed by atoms with Crippen LogP contribution in [0, 0.1) is 5.92 Å². The van der Waals surface area contributed by atoms with Crippen molar-refractivity contribution in [2.45, 2.75) is 44.7 Å². The molecule has 2 aliphatic rings. The third-order valence-electron chi connectivity index (χ3n) is 3.84. The van der Waals surface area contributed by atoms with Crippen molar-refractivity contribution in [3.63, 3.8) is 0 Å². The molecule has 1 saturated carbocycles. The van der Waals surface area contributed by atoms with Crippen molar-refractivity contribution in [3.05, 3.63) is 12.7 Å². The molecule has 0 amide bonds. The van der Waals surface area contributed by atoms with Gasteiger partial charge in [0, 0.05) is 12.1 Å². The van der Waals surface area contributed by atoms with Crippen LogP contribution in [0.1, 0.15) is 32.6 Å². The largest absolute Gasteiger partial charge is 0.314 e. The maximum absolute atomic E-state index is 3.87. The summed E-state index contributed by atoms with van der Waals surface area (Å²) in [6, 6.07) is 1.43. The summed E-state index contributed by atoms with van der Waals surface area (Å²) in [5, 5.41) is 3.65. The van der Waals surface area contributed by atoms with Crippen LogP contribution in [-0.4, -0.2) is 36.6 Å². The van der Waals surface area contributed by atoms with Gasteiger partial charge in [-0.25, -0.2) is 0 Å². The first-order valence-corrected chi connectivity index (χ1v) is 6.39. The number of hydrogen-bond acceptors (Lipinski definition) is 2. The molecule has 2 heteroatoms. The van der Waals surface area contributed by atoms with Crippen molar-refractivity contribution >= 4 is 0 Å². The van der Waals surface area contributed by atoms with Gasteiger partial charge in [0.15, 0.2) is 0 Å². The van der Waals surface area contributed by atoms with Crippen LogP contribution in [0.5, 0.6) is 0 Å². The molecule has 0 bridgehead atoms. The number of piperidine rings is 1. The molecule has 1 N–H and O–H groups in total. The van der Waals surface area contributed by atoms with Gasteiger partial charge >= 0.3 is 0 Å². The van der Waals surface area contributed by atoms with Gasteiger partial charge < -0.3 is 5.32 Å². The van der Waals surface area contributed by atoms with Crippen LogP contribution >= 0.6 is 0 Å². The predicted molar refractivity (Wildman–Crippen MR) is 65.0 cm³/mol. The summed E-state index contributed by atoms with van der Waals surface area (Å²) in [4.78, 5) is 2.54. The molecule has 2 nitrogen and oxygen atoms in total. The number of nitrogens with zero attached hydrogens (tertiary/aromatic N) is 1. The minimum Gasteiger partial charge on any atom is -0.314 e. The lowest BCUT2D eigenvalue weighted by Crippen LogP contribution is -2.41. The lowest BCUT2D eigenvalue weighted by Gasteiger charge is -2.34. The first kappa shape index (κ1) is 11.2. The van der Waals surface area contributed by atoms with E-state index in [9.17, 15) is 0 Å². The molecule has 15 heavy (non-hydrogen) atoms. The molecule has 1 aliphatic heterocycles. The fraction of sp³-hybridized carbons (Fsp3) is 0.846. The Bertz CT molecular complexity index is 203. The fourth-order valence-electron chi connectivity index (χ4n) is 2.33. The minimum atomic E-state index is 0.558. The Hall–Kier alpha value is -0.340. The van der Waals surface area contributed by atoms with Gasteiger partial charge in [-0.05, 0) is 58.2 Å². The smallest absolute Gasteiger partial charge is 0.0247 e. The average Bonchev–Trinajstić information content (AvgIpc) is 3.10. The van der Waals surface area contributed by atoms with Gasteiger partial charge in [0.25, 0.3) is 0 Å². The quantitative estimate of drug-likeness (QED) is 0.695. The Morgan fingerprint density at radius 2 is 2.00 bits per heavy atom. The number of rotatable bonds is 5. The lowest BCUT2D eigenvalue weighted by atomic mass is 9.96. The van der Waals surface area contributed by atoms with Gasteiger partial charge in [-0.3, -0.25) is 4.90 Å². The lowest BCUT2D eigenvalue weighted by molar-refractivity contribution is 0.161. The summed E-state index contributed by atoms with van der Waals surface area (Å²) in [6.45, 7) is 9.87. The van der Waals surface area contributed by atoms with Gasteiger partial charge in [0.05, 0.1) is 0 Å². The SMILES string of the molecule is C=CC(C)N1CCC(CNC2CC2)CC1. The van der Waals surface area contributed by atoms with Crippen molar-refractivity contribution in [1.82, 2.24) is 10.2 Å². The number of hydrogen-bond donors (Lipinski definition) is 1. The van der Waals surface area contributed by atoms with Gasteiger partial charge in [-0.2, -0.15) is 0 Å². The van der Waals surface area contributed by atoms with E-state index in [0.29, 0.717) is 6.04 Å². The van der Waals surface area contributed by atoms with E-state index in [1.165, 1.54) is 45.3 Å². The summed E-state index contributed by atoms with van der Waals surface area (Å²) in [5.74, 6) is 0.916. The van der Waals surface area contributed by atoms with E-state index in [1.807, 2.05) is 0 Å². The first-order valence-electron chi connectivity index (χ1n) is 6.39. The summed E-state index contributed by atoms with van der Waals surface area (Å²) in [5.41, 5.74) is 0. The second-order valence-electron chi connectivity index (χ2n) is 5.14. The van der Waals surface area contributed by atoms with E-state index in [4.69, 9.17) is 0 Å². The van der Waals surface area contributed by atoms with E-state index in [1.54, 1.807) is 0 Å². The van der Waals surface area contributed by atoms with Crippen LogP contribution in [0.15, 0.2) is 12.7 Å². The second kappa shape index (κ2) is 5.13. The molecule has 2 fully saturated rings. The van der Waals surface area contributed by atoms with Crippen molar-refractivity contribution < 1.29 is 0 Å². The van der Waals surface area contributed by atoms with E-state index in [-0.39, 0.29) is 0 Å². The monoisotopic (exact) mass is 208 g/mol. The Kier molecular flexibility index (Phi) is 3.81. The first-order chi connectivity index (χ1) is 7.29. The molecule has 1 heterocycles. The molecular weight excluding hydrogens is 184 g/mol. The van der Waals surface area contributed by atoms with Crippen molar-refractivity contribution in [3.8, 4) is 0 Å². The molecule has 0 aromatic rings. The van der Waals surface area contributed by atoms with E-state index < -0.39 is 0 Å². The molecule has 0 aromatic heterocycles. The third-order valence-corrected chi connectivity index (χ3v) is 3.84. The molecule has 1 aliphatic carbocycles. The van der Waals surface area contributed by atoms with Crippen LogP contribution in [0.4, 0.5) is 0 Å². The van der Waals surface area contributed by atoms with Crippen LogP contribution < -0.4 is 5.32 Å². The Balaban J connectivity index is 1.64. The highest BCUT2D eigenvalue weighted by atomic mass is 15.2. The Labute approximate surface area is 93.7 Å². The summed E-state index contributed by atoms with van der Waals surface area (Å²) < 4.78 is 0. The molecular formula is C13H24N2. The molecule has 86 valence electrons. The molecule has 2 rings (SSSR count). The standard InChI is InChI=1S/C13H24N2/c1-3-11(2)15-8-6-12(7-9-15)10-14-13-4-5-13/h3,11-14H,1,4-10H2,2H3. The molecule has 1 unspecified atom stereocenters. The zero-order valence-electron chi connectivity index (χ0n) is 9.91. The third kappa shape index (κ3) is 3.32. The van der Waals surface area contributed by atoms with Crippen LogP contribution in [0.3, 0.4) is 0 Å². The maximum Gasteiger partial charge on any atom is 0.0247 e. The number of nitrogens with one attached hydrogen (secondary N) is 1. The molecule has 0 spiro atoms. The number of likely N-dealkylation sites (tertiary alicyclic amines) is 1. The van der Waals surface area contributed by atoms with Crippen molar-refractivity contribution in [1.29, 1.82) is 0 Å². The minimum absolute atomic E-state index is 0.558.